The van der Waals surface area contributed by atoms with E-state index in [1.54, 1.807) is 0 Å². The summed E-state index contributed by atoms with van der Waals surface area (Å²) in [7, 11) is 0. The molecule has 1 saturated heterocycles. The molecule has 1 atom stereocenters. The van der Waals surface area contributed by atoms with Crippen molar-refractivity contribution in [2.45, 2.75) is 18.9 Å². The number of benzene rings is 1. The minimum absolute atomic E-state index is 0.394. The van der Waals surface area contributed by atoms with Gasteiger partial charge in [-0.15, -0.1) is 0 Å². The van der Waals surface area contributed by atoms with Gasteiger partial charge in [0.15, 0.2) is 5.13 Å². The van der Waals surface area contributed by atoms with E-state index in [0.717, 1.165) is 10.2 Å². The number of carbonyl (C=O) groups excluding carboxylic acids is 1. The number of likely N-dealkylation sites (tertiary alicyclic amines) is 1. The number of hydrogen-bond donors (Lipinski definition) is 2. The van der Waals surface area contributed by atoms with Crippen molar-refractivity contribution in [3.8, 4) is 0 Å². The van der Waals surface area contributed by atoms with Crippen molar-refractivity contribution in [2.24, 2.45) is 0 Å². The summed E-state index contributed by atoms with van der Waals surface area (Å²) >= 11 is 1.38. The summed E-state index contributed by atoms with van der Waals surface area (Å²) in [6.45, 7) is 0.466. The van der Waals surface area contributed by atoms with Gasteiger partial charge >= 0.3 is 12.0 Å². The van der Waals surface area contributed by atoms with Crippen LogP contribution >= 0.6 is 11.3 Å². The molecule has 1 fully saturated rings. The van der Waals surface area contributed by atoms with Crippen molar-refractivity contribution >= 4 is 38.7 Å². The molecule has 2 aromatic rings. The van der Waals surface area contributed by atoms with Crippen molar-refractivity contribution in [1.82, 2.24) is 9.88 Å². The second-order valence-corrected chi connectivity index (χ2v) is 5.64. The van der Waals surface area contributed by atoms with Crippen LogP contribution in [0.2, 0.25) is 0 Å². The standard InChI is InChI=1S/C13H13N3O3S/c17-11(18)9-5-3-7-16(9)13(19)15-12-14-8-4-1-2-6-10(8)20-12/h1-2,4,6,9H,3,5,7H2,(H,17,18)(H,14,15,19). The van der Waals surface area contributed by atoms with Crippen LogP contribution in [0.5, 0.6) is 0 Å². The van der Waals surface area contributed by atoms with Crippen LogP contribution in [-0.4, -0.2) is 39.6 Å². The summed E-state index contributed by atoms with van der Waals surface area (Å²) in [6.07, 6.45) is 1.22. The fourth-order valence-corrected chi connectivity index (χ4v) is 3.21. The molecule has 0 radical (unpaired) electrons. The first-order chi connectivity index (χ1) is 9.65. The molecule has 1 aromatic carbocycles. The maximum Gasteiger partial charge on any atom is 0.326 e. The second kappa shape index (κ2) is 5.09. The van der Waals surface area contributed by atoms with Gasteiger partial charge in [0.25, 0.3) is 0 Å². The number of carbonyl (C=O) groups is 2. The maximum absolute atomic E-state index is 12.1. The largest absolute Gasteiger partial charge is 0.480 e. The highest BCUT2D eigenvalue weighted by Gasteiger charge is 2.34. The minimum Gasteiger partial charge on any atom is -0.480 e. The number of hydrogen-bond acceptors (Lipinski definition) is 4. The first kappa shape index (κ1) is 12.9. The van der Waals surface area contributed by atoms with Crippen LogP contribution in [-0.2, 0) is 4.79 Å². The van der Waals surface area contributed by atoms with Crippen LogP contribution in [0.3, 0.4) is 0 Å². The first-order valence-electron chi connectivity index (χ1n) is 6.31. The molecular formula is C13H13N3O3S. The Morgan fingerprint density at radius 1 is 1.40 bits per heavy atom. The van der Waals surface area contributed by atoms with Crippen molar-refractivity contribution in [3.63, 3.8) is 0 Å². The zero-order chi connectivity index (χ0) is 14.1. The lowest BCUT2D eigenvalue weighted by molar-refractivity contribution is -0.141. The number of nitrogens with one attached hydrogen (secondary N) is 1. The molecule has 1 unspecified atom stereocenters. The molecule has 20 heavy (non-hydrogen) atoms. The number of anilines is 1. The number of aliphatic carboxylic acids is 1. The third kappa shape index (κ3) is 2.32. The third-order valence-electron chi connectivity index (χ3n) is 3.31. The number of carboxylic acids is 1. The lowest BCUT2D eigenvalue weighted by Crippen LogP contribution is -2.42. The van der Waals surface area contributed by atoms with E-state index in [0.29, 0.717) is 24.5 Å². The van der Waals surface area contributed by atoms with E-state index in [9.17, 15) is 9.59 Å². The molecule has 7 heteroatoms. The summed E-state index contributed by atoms with van der Waals surface area (Å²) in [6, 6.07) is 6.47. The number of rotatable bonds is 2. The predicted octanol–water partition coefficient (Wildman–Crippen LogP) is 2.38. The van der Waals surface area contributed by atoms with E-state index < -0.39 is 18.0 Å². The second-order valence-electron chi connectivity index (χ2n) is 4.61. The van der Waals surface area contributed by atoms with Gasteiger partial charge < -0.3 is 10.0 Å². The van der Waals surface area contributed by atoms with Crippen LogP contribution in [0.1, 0.15) is 12.8 Å². The van der Waals surface area contributed by atoms with Crippen LogP contribution < -0.4 is 5.32 Å². The van der Waals surface area contributed by atoms with E-state index in [1.165, 1.54) is 16.2 Å². The molecule has 2 N–H and O–H groups in total. The van der Waals surface area contributed by atoms with E-state index in [4.69, 9.17) is 5.11 Å². The molecule has 1 aliphatic rings. The first-order valence-corrected chi connectivity index (χ1v) is 7.13. The summed E-state index contributed by atoms with van der Waals surface area (Å²) in [5, 5.41) is 12.3. The molecule has 2 heterocycles. The molecule has 0 bridgehead atoms. The molecule has 2 amide bonds. The van der Waals surface area contributed by atoms with E-state index in [1.807, 2.05) is 24.3 Å². The third-order valence-corrected chi connectivity index (χ3v) is 4.26. The number of amides is 2. The van der Waals surface area contributed by atoms with Gasteiger partial charge in [0.05, 0.1) is 10.2 Å². The minimum atomic E-state index is -0.957. The highest BCUT2D eigenvalue weighted by Crippen LogP contribution is 2.26. The van der Waals surface area contributed by atoms with Gasteiger partial charge in [0.2, 0.25) is 0 Å². The zero-order valence-electron chi connectivity index (χ0n) is 10.6. The lowest BCUT2D eigenvalue weighted by Gasteiger charge is -2.20. The number of thiazole rings is 1. The molecule has 1 aromatic heterocycles. The monoisotopic (exact) mass is 291 g/mol. The van der Waals surface area contributed by atoms with Crippen LogP contribution in [0.4, 0.5) is 9.93 Å². The highest BCUT2D eigenvalue weighted by atomic mass is 32.1. The van der Waals surface area contributed by atoms with Crippen LogP contribution in [0.15, 0.2) is 24.3 Å². The van der Waals surface area contributed by atoms with Crippen molar-refractivity contribution < 1.29 is 14.7 Å². The van der Waals surface area contributed by atoms with Crippen LogP contribution in [0.25, 0.3) is 10.2 Å². The summed E-state index contributed by atoms with van der Waals surface area (Å²) in [5.74, 6) is -0.957. The quantitative estimate of drug-likeness (QED) is 0.890. The average molecular weight is 291 g/mol. The Bertz CT molecular complexity index is 637. The van der Waals surface area contributed by atoms with Gasteiger partial charge in [-0.3, -0.25) is 5.32 Å². The number of para-hydroxylation sites is 1. The number of fused-ring (bicyclic) bond motifs is 1. The Labute approximate surface area is 119 Å². The van der Waals surface area contributed by atoms with Gasteiger partial charge in [-0.25, -0.2) is 14.6 Å². The van der Waals surface area contributed by atoms with E-state index >= 15 is 0 Å². The summed E-state index contributed by atoms with van der Waals surface area (Å²) in [4.78, 5) is 28.9. The van der Waals surface area contributed by atoms with Crippen molar-refractivity contribution in [2.75, 3.05) is 11.9 Å². The number of nitrogens with zero attached hydrogens (tertiary/aromatic N) is 2. The Hall–Kier alpha value is -2.15. The fourth-order valence-electron chi connectivity index (χ4n) is 2.36. The van der Waals surface area contributed by atoms with Gasteiger partial charge in [-0.2, -0.15) is 0 Å². The van der Waals surface area contributed by atoms with Gasteiger partial charge in [-0.1, -0.05) is 23.5 Å². The van der Waals surface area contributed by atoms with Crippen molar-refractivity contribution in [3.05, 3.63) is 24.3 Å². The molecule has 3 rings (SSSR count). The zero-order valence-corrected chi connectivity index (χ0v) is 11.4. The highest BCUT2D eigenvalue weighted by molar-refractivity contribution is 7.22. The summed E-state index contributed by atoms with van der Waals surface area (Å²) < 4.78 is 0.985. The Morgan fingerprint density at radius 3 is 2.95 bits per heavy atom. The molecular weight excluding hydrogens is 278 g/mol. The Morgan fingerprint density at radius 2 is 2.20 bits per heavy atom. The van der Waals surface area contributed by atoms with E-state index in [2.05, 4.69) is 10.3 Å². The number of aromatic nitrogens is 1. The van der Waals surface area contributed by atoms with Gasteiger partial charge in [-0.05, 0) is 25.0 Å². The predicted molar refractivity (Wildman–Crippen MR) is 76.0 cm³/mol. The topological polar surface area (TPSA) is 82.5 Å². The average Bonchev–Trinajstić information content (AvgIpc) is 3.04. The Balaban J connectivity index is 1.76. The van der Waals surface area contributed by atoms with Crippen molar-refractivity contribution in [1.29, 1.82) is 0 Å². The number of urea groups is 1. The normalized spacial score (nSPS) is 18.4. The lowest BCUT2D eigenvalue weighted by atomic mass is 10.2. The van der Waals surface area contributed by atoms with Crippen LogP contribution in [0, 0.1) is 0 Å². The SMILES string of the molecule is O=C(O)C1CCCN1C(=O)Nc1nc2ccccc2s1. The maximum atomic E-state index is 12.1. The molecule has 0 aliphatic carbocycles. The fraction of sp³-hybridized carbons (Fsp3) is 0.308. The Kier molecular flexibility index (Phi) is 3.27. The molecule has 1 aliphatic heterocycles. The number of carboxylic acid groups (broad SMARTS) is 1. The molecule has 104 valence electrons. The van der Waals surface area contributed by atoms with Gasteiger partial charge in [0, 0.05) is 6.54 Å². The molecule has 0 spiro atoms. The molecule has 6 nitrogen and oxygen atoms in total. The van der Waals surface area contributed by atoms with Gasteiger partial charge in [0.1, 0.15) is 6.04 Å². The smallest absolute Gasteiger partial charge is 0.326 e. The molecule has 0 saturated carbocycles. The summed E-state index contributed by atoms with van der Waals surface area (Å²) in [5.41, 5.74) is 0.823. The van der Waals surface area contributed by atoms with E-state index in [-0.39, 0.29) is 0 Å².